The highest BCUT2D eigenvalue weighted by molar-refractivity contribution is 6.00. The molecule has 0 aliphatic rings. The van der Waals surface area contributed by atoms with Crippen molar-refractivity contribution in [3.63, 3.8) is 0 Å². The first-order valence-corrected chi connectivity index (χ1v) is 5.18. The number of hydrogen-bond acceptors (Lipinski definition) is 3. The number of amides is 1. The van der Waals surface area contributed by atoms with Crippen LogP contribution >= 0.6 is 0 Å². The molecule has 0 fully saturated rings. The average Bonchev–Trinajstić information content (AvgIpc) is 2.73. The normalized spacial score (nSPS) is 10.6. The fourth-order valence-electron chi connectivity index (χ4n) is 1.51. The van der Waals surface area contributed by atoms with Gasteiger partial charge in [-0.15, -0.1) is 0 Å². The number of aromatic nitrogens is 2. The lowest BCUT2D eigenvalue weighted by Gasteiger charge is -2.02. The molecule has 1 amide bonds. The zero-order chi connectivity index (χ0) is 11.4. The van der Waals surface area contributed by atoms with Crippen molar-refractivity contribution in [3.05, 3.63) is 36.2 Å². The first-order valence-electron chi connectivity index (χ1n) is 5.18. The van der Waals surface area contributed by atoms with Crippen LogP contribution < -0.4 is 10.6 Å². The Morgan fingerprint density at radius 2 is 2.31 bits per heavy atom. The number of carbonyl (C=O) groups is 1. The predicted octanol–water partition coefficient (Wildman–Crippen LogP) is 0.284. The van der Waals surface area contributed by atoms with Crippen LogP contribution in [0, 0.1) is 0 Å². The van der Waals surface area contributed by atoms with E-state index in [-0.39, 0.29) is 5.91 Å². The number of pyridine rings is 1. The zero-order valence-corrected chi connectivity index (χ0v) is 9.10. The zero-order valence-electron chi connectivity index (χ0n) is 9.10. The summed E-state index contributed by atoms with van der Waals surface area (Å²) in [7, 11) is 1.85. The molecule has 0 saturated carbocycles. The molecule has 2 rings (SSSR count). The van der Waals surface area contributed by atoms with Crippen LogP contribution in [0.25, 0.3) is 5.52 Å². The molecule has 0 atom stereocenters. The fraction of sp³-hybridized carbons (Fsp3) is 0.273. The second-order valence-electron chi connectivity index (χ2n) is 3.45. The molecule has 0 bridgehead atoms. The van der Waals surface area contributed by atoms with E-state index in [0.29, 0.717) is 12.1 Å². The van der Waals surface area contributed by atoms with Crippen LogP contribution in [-0.4, -0.2) is 35.7 Å². The molecule has 16 heavy (non-hydrogen) atoms. The average molecular weight is 218 g/mol. The minimum Gasteiger partial charge on any atom is -0.351 e. The van der Waals surface area contributed by atoms with Gasteiger partial charge in [-0.1, -0.05) is 6.07 Å². The van der Waals surface area contributed by atoms with E-state index in [1.807, 2.05) is 31.4 Å². The van der Waals surface area contributed by atoms with Gasteiger partial charge < -0.3 is 10.6 Å². The van der Waals surface area contributed by atoms with Gasteiger partial charge in [-0.3, -0.25) is 4.79 Å². The molecule has 0 saturated heterocycles. The van der Waals surface area contributed by atoms with Crippen LogP contribution in [0.15, 0.2) is 30.6 Å². The lowest BCUT2D eigenvalue weighted by atomic mass is 10.2. The van der Waals surface area contributed by atoms with Crippen LogP contribution in [0.2, 0.25) is 0 Å². The van der Waals surface area contributed by atoms with Crippen molar-refractivity contribution in [2.24, 2.45) is 0 Å². The largest absolute Gasteiger partial charge is 0.351 e. The highest BCUT2D eigenvalue weighted by atomic mass is 16.1. The van der Waals surface area contributed by atoms with Gasteiger partial charge in [0.15, 0.2) is 0 Å². The summed E-state index contributed by atoms with van der Waals surface area (Å²) in [6.45, 7) is 1.37. The molecule has 2 aromatic rings. The predicted molar refractivity (Wildman–Crippen MR) is 61.5 cm³/mol. The van der Waals surface area contributed by atoms with Gasteiger partial charge in [0, 0.05) is 19.3 Å². The Balaban J connectivity index is 2.17. The molecular weight excluding hydrogens is 204 g/mol. The quantitative estimate of drug-likeness (QED) is 0.725. The summed E-state index contributed by atoms with van der Waals surface area (Å²) in [6.07, 6.45) is 3.41. The Morgan fingerprint density at radius 1 is 1.44 bits per heavy atom. The Hall–Kier alpha value is -1.88. The fourth-order valence-corrected chi connectivity index (χ4v) is 1.51. The second kappa shape index (κ2) is 4.76. The van der Waals surface area contributed by atoms with Gasteiger partial charge >= 0.3 is 0 Å². The van der Waals surface area contributed by atoms with E-state index in [1.54, 1.807) is 10.7 Å². The first-order chi connectivity index (χ1) is 7.83. The van der Waals surface area contributed by atoms with Crippen molar-refractivity contribution in [2.45, 2.75) is 0 Å². The van der Waals surface area contributed by atoms with E-state index in [9.17, 15) is 4.79 Å². The van der Waals surface area contributed by atoms with Crippen LogP contribution in [0.4, 0.5) is 0 Å². The third-order valence-corrected chi connectivity index (χ3v) is 2.33. The van der Waals surface area contributed by atoms with Crippen LogP contribution in [-0.2, 0) is 0 Å². The minimum atomic E-state index is -0.0866. The van der Waals surface area contributed by atoms with Crippen molar-refractivity contribution >= 4 is 11.4 Å². The number of carbonyl (C=O) groups excluding carboxylic acids is 1. The molecule has 0 radical (unpaired) electrons. The van der Waals surface area contributed by atoms with Crippen molar-refractivity contribution in [1.82, 2.24) is 20.2 Å². The number of nitrogens with zero attached hydrogens (tertiary/aromatic N) is 2. The van der Waals surface area contributed by atoms with Gasteiger partial charge in [0.1, 0.15) is 0 Å². The molecule has 5 nitrogen and oxygen atoms in total. The molecule has 5 heteroatoms. The highest BCUT2D eigenvalue weighted by Crippen LogP contribution is 2.09. The molecule has 0 aliphatic carbocycles. The maximum Gasteiger partial charge on any atom is 0.255 e. The highest BCUT2D eigenvalue weighted by Gasteiger charge is 2.10. The lowest BCUT2D eigenvalue weighted by Crippen LogP contribution is -2.30. The van der Waals surface area contributed by atoms with E-state index in [4.69, 9.17) is 0 Å². The van der Waals surface area contributed by atoms with Crippen molar-refractivity contribution < 1.29 is 4.79 Å². The number of hydrogen-bond donors (Lipinski definition) is 2. The Bertz CT molecular complexity index is 491. The summed E-state index contributed by atoms with van der Waals surface area (Å²) < 4.78 is 1.69. The summed E-state index contributed by atoms with van der Waals surface area (Å²) in [6, 6.07) is 5.64. The Labute approximate surface area is 93.5 Å². The molecule has 2 aromatic heterocycles. The summed E-state index contributed by atoms with van der Waals surface area (Å²) >= 11 is 0. The van der Waals surface area contributed by atoms with Gasteiger partial charge in [-0.2, -0.15) is 5.10 Å². The molecule has 0 aromatic carbocycles. The van der Waals surface area contributed by atoms with Gasteiger partial charge in [-0.05, 0) is 19.2 Å². The summed E-state index contributed by atoms with van der Waals surface area (Å²) in [5, 5.41) is 9.90. The summed E-state index contributed by atoms with van der Waals surface area (Å²) in [5.41, 5.74) is 1.43. The van der Waals surface area contributed by atoms with E-state index < -0.39 is 0 Å². The number of likely N-dealkylation sites (N-methyl/N-ethyl adjacent to an activating group) is 1. The van der Waals surface area contributed by atoms with Crippen LogP contribution in [0.5, 0.6) is 0 Å². The van der Waals surface area contributed by atoms with Gasteiger partial charge in [0.2, 0.25) is 0 Å². The Kier molecular flexibility index (Phi) is 3.16. The number of nitrogens with one attached hydrogen (secondary N) is 2. The van der Waals surface area contributed by atoms with Crippen molar-refractivity contribution in [1.29, 1.82) is 0 Å². The smallest absolute Gasteiger partial charge is 0.255 e. The van der Waals surface area contributed by atoms with Crippen molar-refractivity contribution in [3.8, 4) is 0 Å². The SMILES string of the molecule is CNCCNC(=O)c1cnn2ccccc12. The molecule has 0 unspecified atom stereocenters. The van der Waals surface area contributed by atoms with E-state index >= 15 is 0 Å². The minimum absolute atomic E-state index is 0.0866. The first kappa shape index (κ1) is 10.6. The third-order valence-electron chi connectivity index (χ3n) is 2.33. The summed E-state index contributed by atoms with van der Waals surface area (Å²) in [4.78, 5) is 11.8. The second-order valence-corrected chi connectivity index (χ2v) is 3.45. The molecule has 0 spiro atoms. The molecule has 2 N–H and O–H groups in total. The standard InChI is InChI=1S/C11H14N4O/c1-12-5-6-13-11(16)9-8-14-15-7-3-2-4-10(9)15/h2-4,7-8,12H,5-6H2,1H3,(H,13,16). The number of fused-ring (bicyclic) bond motifs is 1. The molecule has 0 aliphatic heterocycles. The van der Waals surface area contributed by atoms with E-state index in [2.05, 4.69) is 15.7 Å². The lowest BCUT2D eigenvalue weighted by molar-refractivity contribution is 0.0956. The molecule has 2 heterocycles. The maximum absolute atomic E-state index is 11.8. The van der Waals surface area contributed by atoms with E-state index in [0.717, 1.165) is 12.1 Å². The topological polar surface area (TPSA) is 58.4 Å². The van der Waals surface area contributed by atoms with Crippen LogP contribution in [0.3, 0.4) is 0 Å². The van der Waals surface area contributed by atoms with Gasteiger partial charge in [-0.25, -0.2) is 4.52 Å². The van der Waals surface area contributed by atoms with Crippen molar-refractivity contribution in [2.75, 3.05) is 20.1 Å². The van der Waals surface area contributed by atoms with Crippen LogP contribution in [0.1, 0.15) is 10.4 Å². The monoisotopic (exact) mass is 218 g/mol. The number of rotatable bonds is 4. The summed E-state index contributed by atoms with van der Waals surface area (Å²) in [5.74, 6) is -0.0866. The van der Waals surface area contributed by atoms with Gasteiger partial charge in [0.05, 0.1) is 17.3 Å². The molecule has 84 valence electrons. The maximum atomic E-state index is 11.8. The third kappa shape index (κ3) is 2.04. The molecular formula is C11H14N4O. The Morgan fingerprint density at radius 3 is 3.12 bits per heavy atom. The van der Waals surface area contributed by atoms with Gasteiger partial charge in [0.25, 0.3) is 5.91 Å². The van der Waals surface area contributed by atoms with E-state index in [1.165, 1.54) is 0 Å².